The fourth-order valence-electron chi connectivity index (χ4n) is 1.99. The third-order valence-electron chi connectivity index (χ3n) is 3.34. The van der Waals surface area contributed by atoms with Crippen LogP contribution >= 0.6 is 0 Å². The highest BCUT2D eigenvalue weighted by Gasteiger charge is 2.23. The Labute approximate surface area is 107 Å². The monoisotopic (exact) mass is 245 g/mol. The van der Waals surface area contributed by atoms with Crippen LogP contribution in [0.4, 0.5) is 0 Å². The molecule has 1 aromatic carbocycles. The largest absolute Gasteiger partial charge is 0.508 e. The van der Waals surface area contributed by atoms with Gasteiger partial charge in [0, 0.05) is 0 Å². The maximum atomic E-state index is 9.47. The first-order valence-electron chi connectivity index (χ1n) is 5.97. The highest BCUT2D eigenvalue weighted by atomic mass is 16.3. The van der Waals surface area contributed by atoms with Crippen molar-refractivity contribution in [3.05, 3.63) is 42.0 Å². The number of phenols is 1. The Bertz CT molecular complexity index is 558. The SMILES string of the molecule is CNC(C)(C)c1cncn1-c1ccc(O)cc1C. The predicted molar refractivity (Wildman–Crippen MR) is 72.1 cm³/mol. The number of aromatic hydroxyl groups is 1. The van der Waals surface area contributed by atoms with Gasteiger partial charge < -0.3 is 15.0 Å². The van der Waals surface area contributed by atoms with Crippen LogP contribution in [0.25, 0.3) is 5.69 Å². The molecule has 0 fully saturated rings. The minimum absolute atomic E-state index is 0.166. The van der Waals surface area contributed by atoms with E-state index < -0.39 is 0 Å². The molecule has 1 heterocycles. The number of hydrogen-bond donors (Lipinski definition) is 2. The fraction of sp³-hybridized carbons (Fsp3) is 0.357. The average molecular weight is 245 g/mol. The van der Waals surface area contributed by atoms with Gasteiger partial charge in [-0.25, -0.2) is 4.98 Å². The number of aryl methyl sites for hydroxylation is 1. The normalized spacial score (nSPS) is 11.8. The summed E-state index contributed by atoms with van der Waals surface area (Å²) in [5, 5.41) is 12.7. The molecule has 2 N–H and O–H groups in total. The highest BCUT2D eigenvalue weighted by molar-refractivity contribution is 5.46. The van der Waals surface area contributed by atoms with E-state index >= 15 is 0 Å². The van der Waals surface area contributed by atoms with Crippen LogP contribution in [0.5, 0.6) is 5.75 Å². The third kappa shape index (κ3) is 2.11. The zero-order valence-electron chi connectivity index (χ0n) is 11.2. The lowest BCUT2D eigenvalue weighted by molar-refractivity contribution is 0.424. The van der Waals surface area contributed by atoms with Gasteiger partial charge in [-0.05, 0) is 51.6 Å². The molecule has 18 heavy (non-hydrogen) atoms. The van der Waals surface area contributed by atoms with E-state index in [1.807, 2.05) is 30.8 Å². The highest BCUT2D eigenvalue weighted by Crippen LogP contribution is 2.25. The van der Waals surface area contributed by atoms with E-state index in [1.165, 1.54) is 0 Å². The van der Waals surface area contributed by atoms with Crippen LogP contribution in [0.2, 0.25) is 0 Å². The summed E-state index contributed by atoms with van der Waals surface area (Å²) in [6.07, 6.45) is 3.66. The van der Waals surface area contributed by atoms with E-state index in [2.05, 4.69) is 24.1 Å². The molecule has 0 radical (unpaired) electrons. The van der Waals surface area contributed by atoms with E-state index in [4.69, 9.17) is 0 Å². The van der Waals surface area contributed by atoms with E-state index in [1.54, 1.807) is 18.5 Å². The molecule has 0 aliphatic carbocycles. The molecule has 0 unspecified atom stereocenters. The molecule has 0 saturated carbocycles. The minimum atomic E-state index is -0.166. The van der Waals surface area contributed by atoms with Crippen molar-refractivity contribution < 1.29 is 5.11 Å². The van der Waals surface area contributed by atoms with Crippen LogP contribution in [-0.2, 0) is 5.54 Å². The summed E-state index contributed by atoms with van der Waals surface area (Å²) < 4.78 is 2.05. The molecule has 96 valence electrons. The predicted octanol–water partition coefficient (Wildman–Crippen LogP) is 2.34. The lowest BCUT2D eigenvalue weighted by Crippen LogP contribution is -2.35. The van der Waals surface area contributed by atoms with Crippen LogP contribution in [0, 0.1) is 6.92 Å². The molecule has 0 amide bonds. The number of rotatable bonds is 3. The van der Waals surface area contributed by atoms with Gasteiger partial charge in [-0.1, -0.05) is 0 Å². The summed E-state index contributed by atoms with van der Waals surface area (Å²) in [5.41, 5.74) is 2.96. The standard InChI is InChI=1S/C14H19N3O/c1-10-7-11(18)5-6-12(10)17-9-16-8-13(17)14(2,3)15-4/h5-9,15,18H,1-4H3. The van der Waals surface area contributed by atoms with Gasteiger partial charge in [0.15, 0.2) is 0 Å². The van der Waals surface area contributed by atoms with Gasteiger partial charge in [0.1, 0.15) is 5.75 Å². The maximum Gasteiger partial charge on any atom is 0.115 e. The number of nitrogens with one attached hydrogen (secondary N) is 1. The molecule has 0 saturated heterocycles. The van der Waals surface area contributed by atoms with E-state index in [9.17, 15) is 5.11 Å². The number of aromatic nitrogens is 2. The van der Waals surface area contributed by atoms with Gasteiger partial charge in [0.05, 0.1) is 29.4 Å². The van der Waals surface area contributed by atoms with Gasteiger partial charge in [0.2, 0.25) is 0 Å². The first kappa shape index (κ1) is 12.6. The van der Waals surface area contributed by atoms with Gasteiger partial charge in [0.25, 0.3) is 0 Å². The van der Waals surface area contributed by atoms with Gasteiger partial charge in [-0.2, -0.15) is 0 Å². The number of imidazole rings is 1. The first-order valence-corrected chi connectivity index (χ1v) is 5.97. The molecular weight excluding hydrogens is 226 g/mol. The second-order valence-electron chi connectivity index (χ2n) is 4.99. The van der Waals surface area contributed by atoms with Crippen molar-refractivity contribution in [3.63, 3.8) is 0 Å². The molecule has 0 spiro atoms. The molecule has 0 aliphatic rings. The van der Waals surface area contributed by atoms with Gasteiger partial charge >= 0.3 is 0 Å². The van der Waals surface area contributed by atoms with Crippen molar-refractivity contribution >= 4 is 0 Å². The molecule has 0 aliphatic heterocycles. The topological polar surface area (TPSA) is 50.1 Å². The van der Waals surface area contributed by atoms with Gasteiger partial charge in [-0.15, -0.1) is 0 Å². The zero-order valence-corrected chi connectivity index (χ0v) is 11.2. The molecule has 1 aromatic heterocycles. The van der Waals surface area contributed by atoms with Crippen LogP contribution in [0.15, 0.2) is 30.7 Å². The average Bonchev–Trinajstić information content (AvgIpc) is 2.78. The maximum absolute atomic E-state index is 9.47. The Morgan fingerprint density at radius 1 is 1.33 bits per heavy atom. The first-order chi connectivity index (χ1) is 8.45. The molecule has 4 heteroatoms. The summed E-state index contributed by atoms with van der Waals surface area (Å²) >= 11 is 0. The molecule has 2 aromatic rings. The second-order valence-corrected chi connectivity index (χ2v) is 4.99. The molecule has 2 rings (SSSR count). The van der Waals surface area contributed by atoms with Crippen LogP contribution < -0.4 is 5.32 Å². The molecule has 4 nitrogen and oxygen atoms in total. The van der Waals surface area contributed by atoms with Crippen molar-refractivity contribution in [2.75, 3.05) is 7.05 Å². The van der Waals surface area contributed by atoms with Gasteiger partial charge in [-0.3, -0.25) is 0 Å². The minimum Gasteiger partial charge on any atom is -0.508 e. The summed E-state index contributed by atoms with van der Waals surface area (Å²) in [5.74, 6) is 0.283. The summed E-state index contributed by atoms with van der Waals surface area (Å²) in [6.45, 7) is 6.19. The lowest BCUT2D eigenvalue weighted by Gasteiger charge is -2.26. The molecule has 0 bridgehead atoms. The van der Waals surface area contributed by atoms with E-state index in [-0.39, 0.29) is 11.3 Å². The Hall–Kier alpha value is -1.81. The number of nitrogens with zero attached hydrogens (tertiary/aromatic N) is 2. The van der Waals surface area contributed by atoms with Crippen molar-refractivity contribution in [2.24, 2.45) is 0 Å². The van der Waals surface area contributed by atoms with Crippen molar-refractivity contribution in [1.82, 2.24) is 14.9 Å². The quantitative estimate of drug-likeness (QED) is 0.872. The Morgan fingerprint density at radius 2 is 2.06 bits per heavy atom. The Morgan fingerprint density at radius 3 is 2.67 bits per heavy atom. The Balaban J connectivity index is 2.56. The molecular formula is C14H19N3O. The van der Waals surface area contributed by atoms with Crippen molar-refractivity contribution in [1.29, 1.82) is 0 Å². The summed E-state index contributed by atoms with van der Waals surface area (Å²) in [7, 11) is 1.93. The van der Waals surface area contributed by atoms with Crippen molar-refractivity contribution in [3.8, 4) is 11.4 Å². The summed E-state index contributed by atoms with van der Waals surface area (Å²) in [4.78, 5) is 4.24. The molecule has 0 atom stereocenters. The summed E-state index contributed by atoms with van der Waals surface area (Å²) in [6, 6.07) is 5.35. The lowest BCUT2D eigenvalue weighted by atomic mass is 10.0. The van der Waals surface area contributed by atoms with Crippen LogP contribution in [0.1, 0.15) is 25.1 Å². The number of hydrogen-bond acceptors (Lipinski definition) is 3. The van der Waals surface area contributed by atoms with E-state index in [0.29, 0.717) is 0 Å². The smallest absolute Gasteiger partial charge is 0.115 e. The second kappa shape index (κ2) is 4.46. The third-order valence-corrected chi connectivity index (χ3v) is 3.34. The number of phenolic OH excluding ortho intramolecular Hbond substituents is 1. The van der Waals surface area contributed by atoms with E-state index in [0.717, 1.165) is 16.9 Å². The van der Waals surface area contributed by atoms with Crippen LogP contribution in [0.3, 0.4) is 0 Å². The van der Waals surface area contributed by atoms with Crippen molar-refractivity contribution in [2.45, 2.75) is 26.3 Å². The Kier molecular flexibility index (Phi) is 3.13. The van der Waals surface area contributed by atoms with Crippen LogP contribution in [-0.4, -0.2) is 21.7 Å². The fourth-order valence-corrected chi connectivity index (χ4v) is 1.99. The zero-order chi connectivity index (χ0) is 13.3. The number of benzene rings is 1.